The zero-order valence-corrected chi connectivity index (χ0v) is 19.9. The van der Waals surface area contributed by atoms with Crippen molar-refractivity contribution in [2.45, 2.75) is 57.4 Å². The Morgan fingerprint density at radius 1 is 1.06 bits per heavy atom. The highest BCUT2D eigenvalue weighted by molar-refractivity contribution is 6.33. The molecule has 0 saturated heterocycles. The van der Waals surface area contributed by atoms with Crippen molar-refractivity contribution < 1.29 is 18.8 Å². The number of benzene rings is 2. The molecule has 1 fully saturated rings. The number of oxazole rings is 1. The van der Waals surface area contributed by atoms with Crippen LogP contribution in [0.1, 0.15) is 72.9 Å². The molecule has 1 heterocycles. The Kier molecular flexibility index (Phi) is 7.32. The molecule has 1 aliphatic carbocycles. The van der Waals surface area contributed by atoms with Crippen LogP contribution in [-0.4, -0.2) is 39.7 Å². The molecule has 0 unspecified atom stereocenters. The summed E-state index contributed by atoms with van der Waals surface area (Å²) in [4.78, 5) is 46.1. The number of fused-ring (bicyclic) bond motifs is 1. The number of carbonyl (C=O) groups excluding carboxylic acids is 3. The highest BCUT2D eigenvalue weighted by Gasteiger charge is 2.46. The largest absolute Gasteiger partial charge is 0.432 e. The van der Waals surface area contributed by atoms with Gasteiger partial charge in [0, 0.05) is 6.54 Å². The second-order valence-electron chi connectivity index (χ2n) is 8.68. The van der Waals surface area contributed by atoms with Crippen molar-refractivity contribution in [3.63, 3.8) is 0 Å². The third-order valence-electron chi connectivity index (χ3n) is 6.29. The number of halogens is 1. The lowest BCUT2D eigenvalue weighted by atomic mass is 9.80. The van der Waals surface area contributed by atoms with Crippen molar-refractivity contribution in [1.29, 1.82) is 0 Å². The van der Waals surface area contributed by atoms with E-state index >= 15 is 0 Å². The Balaban J connectivity index is 1.66. The number of para-hydroxylation sites is 2. The lowest BCUT2D eigenvalue weighted by Crippen LogP contribution is -2.61. The first-order valence-corrected chi connectivity index (χ1v) is 12.1. The monoisotopic (exact) mass is 481 g/mol. The maximum atomic E-state index is 14.0. The predicted molar refractivity (Wildman–Crippen MR) is 130 cm³/mol. The summed E-state index contributed by atoms with van der Waals surface area (Å²) in [5.41, 5.74) is 0.137. The predicted octanol–water partition coefficient (Wildman–Crippen LogP) is 5.38. The van der Waals surface area contributed by atoms with E-state index in [9.17, 15) is 14.4 Å². The number of imide groups is 1. The third-order valence-corrected chi connectivity index (χ3v) is 6.62. The molecule has 7 nitrogen and oxygen atoms in total. The average molecular weight is 482 g/mol. The van der Waals surface area contributed by atoms with Gasteiger partial charge in [-0.25, -0.2) is 4.98 Å². The average Bonchev–Trinajstić information content (AvgIpc) is 3.29. The summed E-state index contributed by atoms with van der Waals surface area (Å²) in [5, 5.41) is 3.27. The molecule has 0 bridgehead atoms. The maximum absolute atomic E-state index is 14.0. The molecule has 34 heavy (non-hydrogen) atoms. The molecule has 1 saturated carbocycles. The van der Waals surface area contributed by atoms with Crippen LogP contribution < -0.4 is 5.32 Å². The molecule has 4 rings (SSSR count). The van der Waals surface area contributed by atoms with Crippen LogP contribution in [0, 0.1) is 0 Å². The normalized spacial score (nSPS) is 15.1. The summed E-state index contributed by atoms with van der Waals surface area (Å²) in [6.07, 6.45) is 4.83. The summed E-state index contributed by atoms with van der Waals surface area (Å²) in [6.45, 7) is 2.21. The van der Waals surface area contributed by atoms with Crippen LogP contribution >= 0.6 is 11.6 Å². The molecule has 0 spiro atoms. The highest BCUT2D eigenvalue weighted by Crippen LogP contribution is 2.32. The fourth-order valence-electron chi connectivity index (χ4n) is 4.43. The zero-order valence-electron chi connectivity index (χ0n) is 19.2. The fraction of sp³-hybridized carbons (Fsp3) is 0.385. The van der Waals surface area contributed by atoms with Crippen molar-refractivity contribution in [2.24, 2.45) is 0 Å². The van der Waals surface area contributed by atoms with Gasteiger partial charge in [-0.3, -0.25) is 19.3 Å². The van der Waals surface area contributed by atoms with Crippen molar-refractivity contribution >= 4 is 40.4 Å². The smallest absolute Gasteiger partial charge is 0.316 e. The summed E-state index contributed by atoms with van der Waals surface area (Å²) < 4.78 is 5.67. The summed E-state index contributed by atoms with van der Waals surface area (Å²) in [7, 11) is 0. The Bertz CT molecular complexity index is 1170. The number of hydrogen-bond acceptors (Lipinski definition) is 5. The van der Waals surface area contributed by atoms with E-state index < -0.39 is 23.3 Å². The number of aromatic nitrogens is 1. The molecule has 1 N–H and O–H groups in total. The number of hydrogen-bond donors (Lipinski definition) is 1. The minimum atomic E-state index is -1.19. The van der Waals surface area contributed by atoms with E-state index in [-0.39, 0.29) is 12.4 Å². The van der Waals surface area contributed by atoms with Crippen LogP contribution in [0.3, 0.4) is 0 Å². The van der Waals surface area contributed by atoms with Crippen LogP contribution in [0.5, 0.6) is 0 Å². The fourth-order valence-corrected chi connectivity index (χ4v) is 4.65. The van der Waals surface area contributed by atoms with E-state index in [1.54, 1.807) is 48.5 Å². The molecule has 2 aromatic carbocycles. The molecule has 3 aromatic rings. The molecule has 3 amide bonds. The van der Waals surface area contributed by atoms with E-state index in [4.69, 9.17) is 16.0 Å². The Hall–Kier alpha value is -3.19. The van der Waals surface area contributed by atoms with Crippen molar-refractivity contribution in [3.05, 3.63) is 65.0 Å². The SMILES string of the molecule is CCCCN(C(=O)c1nc2ccccc2o1)C(=O)C1(NC(=O)c2ccccc2Cl)CCCCC1. The summed E-state index contributed by atoms with van der Waals surface area (Å²) in [5.74, 6) is -1.57. The third kappa shape index (κ3) is 4.85. The van der Waals surface area contributed by atoms with Crippen LogP contribution in [0.25, 0.3) is 11.1 Å². The number of amides is 3. The molecule has 8 heteroatoms. The molecule has 0 aliphatic heterocycles. The van der Waals surface area contributed by atoms with Crippen LogP contribution in [-0.2, 0) is 4.79 Å². The van der Waals surface area contributed by atoms with Crippen molar-refractivity contribution in [2.75, 3.05) is 6.54 Å². The zero-order chi connectivity index (χ0) is 24.1. The van der Waals surface area contributed by atoms with Gasteiger partial charge in [-0.1, -0.05) is 68.5 Å². The number of rotatable bonds is 7. The lowest BCUT2D eigenvalue weighted by molar-refractivity contribution is -0.137. The molecule has 0 radical (unpaired) electrons. The van der Waals surface area contributed by atoms with Gasteiger partial charge in [0.15, 0.2) is 5.58 Å². The number of unbranched alkanes of at least 4 members (excludes halogenated alkanes) is 1. The topological polar surface area (TPSA) is 92.5 Å². The summed E-state index contributed by atoms with van der Waals surface area (Å²) in [6, 6.07) is 13.8. The van der Waals surface area contributed by atoms with Gasteiger partial charge in [0.1, 0.15) is 11.1 Å². The molecule has 0 atom stereocenters. The van der Waals surface area contributed by atoms with Crippen LogP contribution in [0.4, 0.5) is 0 Å². The van der Waals surface area contributed by atoms with Gasteiger partial charge >= 0.3 is 5.91 Å². The van der Waals surface area contributed by atoms with Gasteiger partial charge in [0.2, 0.25) is 0 Å². The number of nitrogens with zero attached hydrogens (tertiary/aromatic N) is 2. The van der Waals surface area contributed by atoms with Gasteiger partial charge in [0.05, 0.1) is 10.6 Å². The van der Waals surface area contributed by atoms with Crippen molar-refractivity contribution in [3.8, 4) is 0 Å². The lowest BCUT2D eigenvalue weighted by Gasteiger charge is -2.39. The molecular formula is C26H28ClN3O4. The second kappa shape index (κ2) is 10.4. The van der Waals surface area contributed by atoms with Gasteiger partial charge < -0.3 is 9.73 Å². The van der Waals surface area contributed by atoms with Crippen molar-refractivity contribution in [1.82, 2.24) is 15.2 Å². The first kappa shape index (κ1) is 24.0. The minimum absolute atomic E-state index is 0.131. The highest BCUT2D eigenvalue weighted by atomic mass is 35.5. The molecule has 1 aliphatic rings. The van der Waals surface area contributed by atoms with Gasteiger partial charge in [0.25, 0.3) is 17.7 Å². The standard InChI is InChI=1S/C26H28ClN3O4/c1-2-3-17-30(24(32)23-28-20-13-7-8-14-21(20)34-23)25(33)26(15-9-4-10-16-26)29-22(31)18-11-5-6-12-19(18)27/h5-8,11-14H,2-4,9-10,15-17H2,1H3,(H,29,31). The Morgan fingerprint density at radius 3 is 2.47 bits per heavy atom. The number of carbonyl (C=O) groups is 3. The molecule has 178 valence electrons. The summed E-state index contributed by atoms with van der Waals surface area (Å²) >= 11 is 6.23. The van der Waals surface area contributed by atoms with E-state index in [1.807, 2.05) is 6.92 Å². The van der Waals surface area contributed by atoms with E-state index in [0.29, 0.717) is 40.9 Å². The molecule has 1 aromatic heterocycles. The Labute approximate surface area is 203 Å². The van der Waals surface area contributed by atoms with E-state index in [0.717, 1.165) is 25.7 Å². The molecular weight excluding hydrogens is 454 g/mol. The first-order valence-electron chi connectivity index (χ1n) is 11.7. The first-order chi connectivity index (χ1) is 16.4. The minimum Gasteiger partial charge on any atom is -0.432 e. The quantitative estimate of drug-likeness (QED) is 0.457. The van der Waals surface area contributed by atoms with E-state index in [2.05, 4.69) is 10.3 Å². The second-order valence-corrected chi connectivity index (χ2v) is 9.09. The van der Waals surface area contributed by atoms with Crippen LogP contribution in [0.2, 0.25) is 5.02 Å². The van der Waals surface area contributed by atoms with Crippen LogP contribution in [0.15, 0.2) is 52.9 Å². The maximum Gasteiger partial charge on any atom is 0.316 e. The van der Waals surface area contributed by atoms with Gasteiger partial charge in [-0.15, -0.1) is 0 Å². The number of nitrogens with one attached hydrogen (secondary N) is 1. The van der Waals surface area contributed by atoms with E-state index in [1.165, 1.54) is 4.90 Å². The van der Waals surface area contributed by atoms with Gasteiger partial charge in [-0.2, -0.15) is 0 Å². The Morgan fingerprint density at radius 2 is 1.76 bits per heavy atom. The van der Waals surface area contributed by atoms with Gasteiger partial charge in [-0.05, 0) is 43.5 Å².